The van der Waals surface area contributed by atoms with Gasteiger partial charge in [-0.05, 0) is 23.6 Å². The summed E-state index contributed by atoms with van der Waals surface area (Å²) in [6.45, 7) is 0.101. The molecule has 0 amide bonds. The minimum atomic E-state index is 0.101. The molecule has 0 fully saturated rings. The molecule has 2 heterocycles. The molecule has 0 aliphatic carbocycles. The molecule has 0 spiro atoms. The minimum Gasteiger partial charge on any atom is -0.411 e. The zero-order valence-electron chi connectivity index (χ0n) is 8.89. The largest absolute Gasteiger partial charge is 0.411 e. The van der Waals surface area contributed by atoms with Crippen LogP contribution in [-0.2, 0) is 0 Å². The van der Waals surface area contributed by atoms with E-state index < -0.39 is 0 Å². The smallest absolute Gasteiger partial charge is 0.119 e. The monoisotopic (exact) mass is 249 g/mol. The second-order valence-electron chi connectivity index (χ2n) is 3.31. The van der Waals surface area contributed by atoms with Crippen LogP contribution in [0, 0.1) is 0 Å². The molecule has 1 aliphatic rings. The second-order valence-corrected chi connectivity index (χ2v) is 4.26. The number of oxime groups is 1. The predicted molar refractivity (Wildman–Crippen MR) is 66.9 cm³/mol. The lowest BCUT2D eigenvalue weighted by atomic mass is 10.3. The summed E-state index contributed by atoms with van der Waals surface area (Å²) in [7, 11) is 0. The summed E-state index contributed by atoms with van der Waals surface area (Å²) in [5.41, 5.74) is 1.06. The molecule has 1 aromatic heterocycles. The number of aliphatic imine (C=N–C) groups is 1. The molecule has 0 bridgehead atoms. The quantitative estimate of drug-likeness (QED) is 0.488. The molecule has 0 atom stereocenters. The highest BCUT2D eigenvalue weighted by Gasteiger charge is 2.09. The molecule has 1 aromatic rings. The Bertz CT molecular complexity index is 475. The van der Waals surface area contributed by atoms with Gasteiger partial charge in [-0.3, -0.25) is 15.3 Å². The lowest BCUT2D eigenvalue weighted by Crippen LogP contribution is -2.22. The Kier molecular flexibility index (Phi) is 3.69. The van der Waals surface area contributed by atoms with Crippen LogP contribution in [0.1, 0.15) is 4.88 Å². The maximum absolute atomic E-state index is 9.67. The number of allylic oxidation sites excluding steroid dienone is 2. The van der Waals surface area contributed by atoms with Crippen molar-refractivity contribution in [2.45, 2.75) is 0 Å². The first-order chi connectivity index (χ1) is 8.29. The molecule has 0 saturated heterocycles. The normalized spacial score (nSPS) is 17.0. The molecular formula is C11H11N3O2S. The first-order valence-electron chi connectivity index (χ1n) is 4.92. The highest BCUT2D eigenvalue weighted by atomic mass is 32.1. The Morgan fingerprint density at radius 3 is 3.06 bits per heavy atom. The summed E-state index contributed by atoms with van der Waals surface area (Å²) in [5.74, 6) is 0. The van der Waals surface area contributed by atoms with Crippen LogP contribution >= 0.6 is 11.3 Å². The number of hydrogen-bond donors (Lipinski definition) is 2. The average Bonchev–Trinajstić information content (AvgIpc) is 2.97. The Balaban J connectivity index is 2.03. The summed E-state index contributed by atoms with van der Waals surface area (Å²) in [5, 5.41) is 24.6. The summed E-state index contributed by atoms with van der Waals surface area (Å²) in [4.78, 5) is 4.81. The van der Waals surface area contributed by atoms with Gasteiger partial charge >= 0.3 is 0 Å². The van der Waals surface area contributed by atoms with Crippen molar-refractivity contribution in [2.24, 2.45) is 10.1 Å². The van der Waals surface area contributed by atoms with Crippen LogP contribution in [0.5, 0.6) is 0 Å². The van der Waals surface area contributed by atoms with E-state index in [0.29, 0.717) is 11.4 Å². The Labute approximate surface area is 102 Å². The van der Waals surface area contributed by atoms with Crippen molar-refractivity contribution in [3.05, 3.63) is 46.4 Å². The van der Waals surface area contributed by atoms with E-state index in [1.165, 1.54) is 17.5 Å². The maximum atomic E-state index is 9.67. The number of rotatable bonds is 4. The van der Waals surface area contributed by atoms with Crippen molar-refractivity contribution in [3.8, 4) is 0 Å². The molecule has 5 nitrogen and oxygen atoms in total. The third kappa shape index (κ3) is 3.02. The van der Waals surface area contributed by atoms with Gasteiger partial charge in [-0.25, -0.2) is 0 Å². The van der Waals surface area contributed by atoms with Crippen LogP contribution in [0.15, 0.2) is 51.7 Å². The summed E-state index contributed by atoms with van der Waals surface area (Å²) in [6.07, 6.45) is 6.66. The molecule has 0 saturated carbocycles. The van der Waals surface area contributed by atoms with Crippen molar-refractivity contribution in [3.63, 3.8) is 0 Å². The summed E-state index contributed by atoms with van der Waals surface area (Å²) in [6, 6.07) is 3.68. The fourth-order valence-corrected chi connectivity index (χ4v) is 2.05. The van der Waals surface area contributed by atoms with Crippen LogP contribution in [0.3, 0.4) is 0 Å². The molecule has 2 N–H and O–H groups in total. The van der Waals surface area contributed by atoms with E-state index in [4.69, 9.17) is 5.21 Å². The number of hydrogen-bond acceptors (Lipinski definition) is 6. The highest BCUT2D eigenvalue weighted by Crippen LogP contribution is 2.12. The molecule has 17 heavy (non-hydrogen) atoms. The third-order valence-corrected chi connectivity index (χ3v) is 3.01. The van der Waals surface area contributed by atoms with E-state index in [2.05, 4.69) is 10.1 Å². The maximum Gasteiger partial charge on any atom is 0.119 e. The fourth-order valence-electron chi connectivity index (χ4n) is 1.34. The molecular weight excluding hydrogens is 238 g/mol. The van der Waals surface area contributed by atoms with Gasteiger partial charge in [0.1, 0.15) is 5.71 Å². The molecule has 0 unspecified atom stereocenters. The number of hydroxylamine groups is 2. The lowest BCUT2D eigenvalue weighted by Gasteiger charge is -2.12. The van der Waals surface area contributed by atoms with Gasteiger partial charge < -0.3 is 5.21 Å². The average molecular weight is 249 g/mol. The lowest BCUT2D eigenvalue weighted by molar-refractivity contribution is -0.0259. The van der Waals surface area contributed by atoms with E-state index in [1.807, 2.05) is 17.5 Å². The molecule has 1 aliphatic heterocycles. The highest BCUT2D eigenvalue weighted by molar-refractivity contribution is 7.12. The van der Waals surface area contributed by atoms with E-state index in [-0.39, 0.29) is 6.54 Å². The second kappa shape index (κ2) is 5.42. The summed E-state index contributed by atoms with van der Waals surface area (Å²) >= 11 is 1.45. The van der Waals surface area contributed by atoms with Crippen LogP contribution in [-0.4, -0.2) is 33.9 Å². The fraction of sp³-hybridized carbons (Fsp3) is 0.0909. The van der Waals surface area contributed by atoms with Gasteiger partial charge in [0.2, 0.25) is 0 Å². The van der Waals surface area contributed by atoms with Gasteiger partial charge in [0.05, 0.1) is 23.3 Å². The Hall–Kier alpha value is -1.92. The van der Waals surface area contributed by atoms with E-state index in [0.717, 1.165) is 9.94 Å². The van der Waals surface area contributed by atoms with E-state index in [1.54, 1.807) is 18.4 Å². The Morgan fingerprint density at radius 1 is 1.59 bits per heavy atom. The van der Waals surface area contributed by atoms with Crippen molar-refractivity contribution in [1.82, 2.24) is 5.06 Å². The van der Waals surface area contributed by atoms with Crippen LogP contribution in [0.2, 0.25) is 0 Å². The van der Waals surface area contributed by atoms with Crippen molar-refractivity contribution < 1.29 is 10.4 Å². The van der Waals surface area contributed by atoms with Crippen molar-refractivity contribution in [1.29, 1.82) is 0 Å². The Morgan fingerprint density at radius 2 is 2.47 bits per heavy atom. The zero-order valence-corrected chi connectivity index (χ0v) is 9.71. The van der Waals surface area contributed by atoms with Crippen LogP contribution < -0.4 is 0 Å². The topological polar surface area (TPSA) is 68.4 Å². The molecule has 0 radical (unpaired) electrons. The molecule has 6 heteroatoms. The van der Waals surface area contributed by atoms with Crippen molar-refractivity contribution in [2.75, 3.05) is 6.54 Å². The molecule has 0 aromatic carbocycles. The standard InChI is InChI=1S/C11H11N3O2S/c15-13-10(11-4-2-6-17-11)8-14(16)7-9-3-1-5-12-9/h1-7,15-16H,8H2/b9-7?,13-10-. The van der Waals surface area contributed by atoms with Crippen LogP contribution in [0.4, 0.5) is 0 Å². The summed E-state index contributed by atoms with van der Waals surface area (Å²) < 4.78 is 0. The first-order valence-corrected chi connectivity index (χ1v) is 5.80. The first kappa shape index (κ1) is 11.6. The zero-order chi connectivity index (χ0) is 12.1. The number of nitrogens with zero attached hydrogens (tertiary/aromatic N) is 3. The van der Waals surface area contributed by atoms with Gasteiger partial charge in [-0.2, -0.15) is 0 Å². The third-order valence-electron chi connectivity index (χ3n) is 2.10. The predicted octanol–water partition coefficient (Wildman–Crippen LogP) is 2.10. The van der Waals surface area contributed by atoms with Gasteiger partial charge in [0.25, 0.3) is 0 Å². The van der Waals surface area contributed by atoms with Crippen molar-refractivity contribution >= 4 is 23.3 Å². The molecule has 2 rings (SSSR count). The van der Waals surface area contributed by atoms with Gasteiger partial charge in [0.15, 0.2) is 0 Å². The van der Waals surface area contributed by atoms with Crippen LogP contribution in [0.25, 0.3) is 0 Å². The SMILES string of the molecule is O/N=C(/CN(O)C=C1C=CC=N1)c1cccs1. The van der Waals surface area contributed by atoms with E-state index in [9.17, 15) is 5.21 Å². The van der Waals surface area contributed by atoms with Gasteiger partial charge in [0, 0.05) is 6.21 Å². The van der Waals surface area contributed by atoms with Gasteiger partial charge in [-0.15, -0.1) is 11.3 Å². The number of thiophene rings is 1. The molecule has 88 valence electrons. The van der Waals surface area contributed by atoms with E-state index >= 15 is 0 Å². The van der Waals surface area contributed by atoms with Gasteiger partial charge in [-0.1, -0.05) is 11.2 Å². The minimum absolute atomic E-state index is 0.101.